The number of Topliss-reactive ketones (excluding diaryl/α,β-unsaturated/α-hetero) is 1. The summed E-state index contributed by atoms with van der Waals surface area (Å²) in [6, 6.07) is -0.377. The third kappa shape index (κ3) is 3.48. The molecule has 0 spiro atoms. The van der Waals surface area contributed by atoms with Crippen molar-refractivity contribution in [2.75, 3.05) is 25.2 Å². The molecule has 0 bridgehead atoms. The highest BCUT2D eigenvalue weighted by atomic mass is 32.2. The molecule has 0 radical (unpaired) electrons. The van der Waals surface area contributed by atoms with Crippen molar-refractivity contribution in [3.8, 4) is 5.88 Å². The Morgan fingerprint density at radius 3 is 2.89 bits per heavy atom. The van der Waals surface area contributed by atoms with Crippen LogP contribution >= 0.6 is 0 Å². The van der Waals surface area contributed by atoms with Gasteiger partial charge in [0.2, 0.25) is 5.88 Å². The summed E-state index contributed by atoms with van der Waals surface area (Å²) in [5, 5.41) is 3.02. The Kier molecular flexibility index (Phi) is 4.11. The lowest BCUT2D eigenvalue weighted by atomic mass is 10.1. The summed E-state index contributed by atoms with van der Waals surface area (Å²) < 4.78 is 28.0. The fourth-order valence-electron chi connectivity index (χ4n) is 1.98. The number of ether oxygens (including phenoxy) is 1. The van der Waals surface area contributed by atoms with Crippen LogP contribution in [0.25, 0.3) is 0 Å². The molecule has 2 heterocycles. The van der Waals surface area contributed by atoms with Crippen LogP contribution in [0.1, 0.15) is 16.9 Å². The third-order valence-corrected chi connectivity index (χ3v) is 4.59. The van der Waals surface area contributed by atoms with Gasteiger partial charge in [-0.25, -0.2) is 18.4 Å². The molecule has 1 N–H and O–H groups in total. The molecule has 0 saturated carbocycles. The van der Waals surface area contributed by atoms with Gasteiger partial charge in [0.25, 0.3) is 0 Å². The van der Waals surface area contributed by atoms with Crippen LogP contribution in [0.3, 0.4) is 0 Å². The highest BCUT2D eigenvalue weighted by Crippen LogP contribution is 2.15. The van der Waals surface area contributed by atoms with Crippen LogP contribution in [0.5, 0.6) is 5.88 Å². The number of methoxy groups -OCH3 is 1. The molecule has 0 amide bonds. The lowest BCUT2D eigenvalue weighted by Crippen LogP contribution is -2.46. The SMILES string of the molecule is COc1nccnc1C(=O)CC1CS(=O)(=O)CCN1. The molecule has 8 heteroatoms. The van der Waals surface area contributed by atoms with Crippen molar-refractivity contribution in [1.82, 2.24) is 15.3 Å². The lowest BCUT2D eigenvalue weighted by molar-refractivity contribution is 0.0962. The molecule has 1 aliphatic rings. The first-order valence-electron chi connectivity index (χ1n) is 5.84. The Labute approximate surface area is 111 Å². The monoisotopic (exact) mass is 285 g/mol. The highest BCUT2D eigenvalue weighted by molar-refractivity contribution is 7.91. The number of nitrogens with one attached hydrogen (secondary N) is 1. The van der Waals surface area contributed by atoms with Crippen LogP contribution in [0.2, 0.25) is 0 Å². The molecule has 2 rings (SSSR count). The van der Waals surface area contributed by atoms with Gasteiger partial charge in [0, 0.05) is 31.4 Å². The maximum atomic E-state index is 12.1. The van der Waals surface area contributed by atoms with E-state index in [2.05, 4.69) is 15.3 Å². The fraction of sp³-hybridized carbons (Fsp3) is 0.545. The van der Waals surface area contributed by atoms with Crippen LogP contribution < -0.4 is 10.1 Å². The molecule has 1 aromatic heterocycles. The average molecular weight is 285 g/mol. The first kappa shape index (κ1) is 13.9. The van der Waals surface area contributed by atoms with Crippen LogP contribution in [0, 0.1) is 0 Å². The van der Waals surface area contributed by atoms with E-state index in [1.54, 1.807) is 0 Å². The topological polar surface area (TPSA) is 98.2 Å². The maximum Gasteiger partial charge on any atom is 0.243 e. The van der Waals surface area contributed by atoms with E-state index in [0.29, 0.717) is 6.54 Å². The third-order valence-electron chi connectivity index (χ3n) is 2.86. The highest BCUT2D eigenvalue weighted by Gasteiger charge is 2.27. The number of hydrogen-bond acceptors (Lipinski definition) is 7. The molecule has 1 aliphatic heterocycles. The fourth-order valence-corrected chi connectivity index (χ4v) is 3.43. The first-order valence-corrected chi connectivity index (χ1v) is 7.66. The van der Waals surface area contributed by atoms with E-state index < -0.39 is 9.84 Å². The zero-order valence-electron chi connectivity index (χ0n) is 10.5. The van der Waals surface area contributed by atoms with Gasteiger partial charge in [0.05, 0.1) is 18.6 Å². The van der Waals surface area contributed by atoms with Crippen molar-refractivity contribution >= 4 is 15.6 Å². The van der Waals surface area contributed by atoms with Gasteiger partial charge in [0.15, 0.2) is 21.3 Å². The summed E-state index contributed by atoms with van der Waals surface area (Å²) in [4.78, 5) is 19.9. The summed E-state index contributed by atoms with van der Waals surface area (Å²) in [5.74, 6) is -0.0290. The predicted molar refractivity (Wildman–Crippen MR) is 68.0 cm³/mol. The summed E-state index contributed by atoms with van der Waals surface area (Å²) in [7, 11) is -1.65. The van der Waals surface area contributed by atoms with Gasteiger partial charge in [-0.1, -0.05) is 0 Å². The second-order valence-electron chi connectivity index (χ2n) is 4.31. The predicted octanol–water partition coefficient (Wildman–Crippen LogP) is -0.555. The van der Waals surface area contributed by atoms with Gasteiger partial charge >= 0.3 is 0 Å². The second kappa shape index (κ2) is 5.62. The van der Waals surface area contributed by atoms with E-state index in [-0.39, 0.29) is 41.3 Å². The standard InChI is InChI=1S/C11H15N3O4S/c1-18-11-10(13-2-3-14-11)9(15)6-8-7-19(16,17)5-4-12-8/h2-3,8,12H,4-7H2,1H3. The van der Waals surface area contributed by atoms with Crippen molar-refractivity contribution in [2.45, 2.75) is 12.5 Å². The second-order valence-corrected chi connectivity index (χ2v) is 6.54. The average Bonchev–Trinajstić information content (AvgIpc) is 2.37. The molecule has 104 valence electrons. The Morgan fingerprint density at radius 1 is 1.47 bits per heavy atom. The number of rotatable bonds is 4. The van der Waals surface area contributed by atoms with Gasteiger partial charge < -0.3 is 10.1 Å². The van der Waals surface area contributed by atoms with Crippen molar-refractivity contribution in [3.05, 3.63) is 18.1 Å². The van der Waals surface area contributed by atoms with E-state index >= 15 is 0 Å². The van der Waals surface area contributed by atoms with Crippen LogP contribution in [0.15, 0.2) is 12.4 Å². The van der Waals surface area contributed by atoms with Gasteiger partial charge in [-0.3, -0.25) is 4.79 Å². The van der Waals surface area contributed by atoms with Gasteiger partial charge in [0.1, 0.15) is 0 Å². The Morgan fingerprint density at radius 2 is 2.21 bits per heavy atom. The van der Waals surface area contributed by atoms with Crippen LogP contribution in [-0.2, 0) is 9.84 Å². The molecule has 1 unspecified atom stereocenters. The Balaban J connectivity index is 2.09. The van der Waals surface area contributed by atoms with E-state index in [1.165, 1.54) is 19.5 Å². The molecule has 1 fully saturated rings. The molecule has 19 heavy (non-hydrogen) atoms. The summed E-state index contributed by atoms with van der Waals surface area (Å²) in [6.45, 7) is 0.373. The molecule has 1 atom stereocenters. The van der Waals surface area contributed by atoms with Crippen molar-refractivity contribution in [1.29, 1.82) is 0 Å². The summed E-state index contributed by atoms with van der Waals surface area (Å²) in [5.41, 5.74) is 0.134. The quantitative estimate of drug-likeness (QED) is 0.741. The molecule has 0 aromatic carbocycles. The van der Waals surface area contributed by atoms with E-state index in [9.17, 15) is 13.2 Å². The van der Waals surface area contributed by atoms with Crippen molar-refractivity contribution in [2.24, 2.45) is 0 Å². The number of hydrogen-bond donors (Lipinski definition) is 1. The van der Waals surface area contributed by atoms with Gasteiger partial charge in [-0.2, -0.15) is 0 Å². The maximum absolute atomic E-state index is 12.1. The minimum absolute atomic E-state index is 0.0265. The molecule has 0 aliphatic carbocycles. The van der Waals surface area contributed by atoms with E-state index in [4.69, 9.17) is 4.74 Å². The lowest BCUT2D eigenvalue weighted by Gasteiger charge is -2.22. The zero-order valence-corrected chi connectivity index (χ0v) is 11.3. The van der Waals surface area contributed by atoms with Crippen LogP contribution in [0.4, 0.5) is 0 Å². The Bertz CT molecular complexity index is 573. The number of carbonyl (C=O) groups excluding carboxylic acids is 1. The number of carbonyl (C=O) groups is 1. The minimum Gasteiger partial charge on any atom is -0.479 e. The smallest absolute Gasteiger partial charge is 0.243 e. The molecular weight excluding hydrogens is 270 g/mol. The minimum atomic E-state index is -3.06. The summed E-state index contributed by atoms with van der Waals surface area (Å²) >= 11 is 0. The molecule has 1 aromatic rings. The van der Waals surface area contributed by atoms with Crippen molar-refractivity contribution < 1.29 is 17.9 Å². The van der Waals surface area contributed by atoms with Gasteiger partial charge in [-0.05, 0) is 0 Å². The van der Waals surface area contributed by atoms with Gasteiger partial charge in [-0.15, -0.1) is 0 Å². The molecule has 7 nitrogen and oxygen atoms in total. The summed E-state index contributed by atoms with van der Waals surface area (Å²) in [6.07, 6.45) is 2.90. The van der Waals surface area contributed by atoms with E-state index in [0.717, 1.165) is 0 Å². The molecule has 1 saturated heterocycles. The van der Waals surface area contributed by atoms with Crippen molar-refractivity contribution in [3.63, 3.8) is 0 Å². The van der Waals surface area contributed by atoms with Crippen LogP contribution in [-0.4, -0.2) is 55.4 Å². The number of aromatic nitrogens is 2. The van der Waals surface area contributed by atoms with E-state index in [1.807, 2.05) is 0 Å². The molecular formula is C11H15N3O4S. The number of nitrogens with zero attached hydrogens (tertiary/aromatic N) is 2. The largest absolute Gasteiger partial charge is 0.479 e. The first-order chi connectivity index (χ1) is 9.02. The zero-order chi connectivity index (χ0) is 13.9. The Hall–Kier alpha value is -1.54. The normalized spacial score (nSPS) is 21.8. The number of sulfone groups is 1. The number of ketones is 1.